The minimum absolute atomic E-state index is 0.623. The lowest BCUT2D eigenvalue weighted by atomic mass is 9.86. The van der Waals surface area contributed by atoms with E-state index in [1.165, 1.54) is 54.2 Å². The van der Waals surface area contributed by atoms with Crippen LogP contribution in [0, 0.1) is 0 Å². The van der Waals surface area contributed by atoms with Gasteiger partial charge in [0.25, 0.3) is 0 Å². The molecule has 288 valence electrons. The molecule has 62 heavy (non-hydrogen) atoms. The molecule has 0 atom stereocenters. The first kappa shape index (κ1) is 35.7. The Bertz CT molecular complexity index is 3670. The van der Waals surface area contributed by atoms with E-state index in [0.717, 1.165) is 49.7 Å². The zero-order chi connectivity index (χ0) is 41.0. The first-order chi connectivity index (χ1) is 30.7. The Morgan fingerprint density at radius 3 is 1.16 bits per heavy atom. The minimum atomic E-state index is 0.623. The average molecular weight is 788 g/mol. The Labute approximate surface area is 359 Å². The van der Waals surface area contributed by atoms with Gasteiger partial charge in [0.05, 0.1) is 0 Å². The highest BCUT2D eigenvalue weighted by Gasteiger charge is 2.22. The van der Waals surface area contributed by atoms with Crippen molar-refractivity contribution >= 4 is 53.9 Å². The fourth-order valence-corrected chi connectivity index (χ4v) is 9.38. The molecule has 0 unspecified atom stereocenters. The van der Waals surface area contributed by atoms with Gasteiger partial charge in [-0.1, -0.05) is 224 Å². The highest BCUT2D eigenvalue weighted by atomic mass is 15.0. The molecule has 1 aromatic heterocycles. The molecule has 3 heteroatoms. The van der Waals surface area contributed by atoms with E-state index in [2.05, 4.69) is 200 Å². The van der Waals surface area contributed by atoms with Crippen molar-refractivity contribution in [2.75, 3.05) is 0 Å². The van der Waals surface area contributed by atoms with Crippen molar-refractivity contribution in [2.45, 2.75) is 0 Å². The molecule has 0 N–H and O–H groups in total. The van der Waals surface area contributed by atoms with E-state index < -0.39 is 0 Å². The number of nitrogens with zero attached hydrogens (tertiary/aromatic N) is 3. The Kier molecular flexibility index (Phi) is 8.50. The van der Waals surface area contributed by atoms with Gasteiger partial charge in [0.1, 0.15) is 0 Å². The smallest absolute Gasteiger partial charge is 0.165 e. The first-order valence-corrected chi connectivity index (χ1v) is 21.1. The van der Waals surface area contributed by atoms with Gasteiger partial charge in [0.15, 0.2) is 17.5 Å². The second-order valence-corrected chi connectivity index (χ2v) is 15.9. The fourth-order valence-electron chi connectivity index (χ4n) is 9.38. The van der Waals surface area contributed by atoms with Crippen LogP contribution < -0.4 is 0 Å². The van der Waals surface area contributed by atoms with Gasteiger partial charge in [-0.25, -0.2) is 15.0 Å². The van der Waals surface area contributed by atoms with Crippen LogP contribution in [0.4, 0.5) is 0 Å². The van der Waals surface area contributed by atoms with Gasteiger partial charge in [-0.05, 0) is 87.2 Å². The molecule has 0 amide bonds. The molecule has 0 saturated carbocycles. The molecule has 0 aliphatic carbocycles. The topological polar surface area (TPSA) is 38.7 Å². The largest absolute Gasteiger partial charge is 0.208 e. The summed E-state index contributed by atoms with van der Waals surface area (Å²) < 4.78 is 0. The van der Waals surface area contributed by atoms with Crippen LogP contribution in [-0.2, 0) is 0 Å². The maximum absolute atomic E-state index is 5.43. The molecule has 0 aliphatic heterocycles. The molecule has 0 spiro atoms. The Balaban J connectivity index is 1.15. The Morgan fingerprint density at radius 2 is 0.581 bits per heavy atom. The van der Waals surface area contributed by atoms with Crippen LogP contribution in [0.5, 0.6) is 0 Å². The molecule has 0 aliphatic rings. The molecular weight excluding hydrogens is 751 g/mol. The van der Waals surface area contributed by atoms with E-state index in [1.54, 1.807) is 0 Å². The molecule has 11 aromatic carbocycles. The van der Waals surface area contributed by atoms with Gasteiger partial charge in [-0.3, -0.25) is 0 Å². The quantitative estimate of drug-likeness (QED) is 0.158. The number of hydrogen-bond donors (Lipinski definition) is 0. The lowest BCUT2D eigenvalue weighted by Gasteiger charge is -2.18. The third kappa shape index (κ3) is 6.02. The summed E-state index contributed by atoms with van der Waals surface area (Å²) in [6, 6.07) is 80.1. The number of benzene rings is 11. The standard InChI is InChI=1S/C59H37N3/c1-3-14-38(15-4-1)39-28-30-43(31-29-39)58-60-57(42-18-5-2-6-19-42)61-59(62-58)56-54-27-13-25-49(48-24-11-22-46-44-20-9-7-16-40(44)32-34-51(46)48)53(54)36-37-55(56)50-26-12-23-47-45-21-10-8-17-41(45)33-35-52(47)50/h1-37H. The van der Waals surface area contributed by atoms with Crippen LogP contribution in [0.25, 0.3) is 121 Å². The van der Waals surface area contributed by atoms with E-state index >= 15 is 0 Å². The van der Waals surface area contributed by atoms with E-state index in [9.17, 15) is 0 Å². The summed E-state index contributed by atoms with van der Waals surface area (Å²) in [6.45, 7) is 0. The molecule has 0 radical (unpaired) electrons. The van der Waals surface area contributed by atoms with Crippen molar-refractivity contribution in [3.05, 3.63) is 224 Å². The van der Waals surface area contributed by atoms with Crippen LogP contribution in [0.3, 0.4) is 0 Å². The van der Waals surface area contributed by atoms with Gasteiger partial charge < -0.3 is 0 Å². The maximum atomic E-state index is 5.43. The summed E-state index contributed by atoms with van der Waals surface area (Å²) in [5.74, 6) is 1.87. The third-order valence-corrected chi connectivity index (χ3v) is 12.4. The molecule has 12 aromatic rings. The molecule has 1 heterocycles. The predicted molar refractivity (Wildman–Crippen MR) is 260 cm³/mol. The van der Waals surface area contributed by atoms with E-state index in [0.29, 0.717) is 17.5 Å². The average Bonchev–Trinajstić information content (AvgIpc) is 3.35. The predicted octanol–water partition coefficient (Wildman–Crippen LogP) is 15.6. The van der Waals surface area contributed by atoms with Crippen molar-refractivity contribution in [2.24, 2.45) is 0 Å². The van der Waals surface area contributed by atoms with E-state index in [-0.39, 0.29) is 0 Å². The fraction of sp³-hybridized carbons (Fsp3) is 0. The molecule has 12 rings (SSSR count). The molecule has 0 fully saturated rings. The number of fused-ring (bicyclic) bond motifs is 7. The lowest BCUT2D eigenvalue weighted by molar-refractivity contribution is 1.08. The summed E-state index contributed by atoms with van der Waals surface area (Å²) in [5.41, 5.74) is 9.67. The van der Waals surface area contributed by atoms with Gasteiger partial charge in [0.2, 0.25) is 0 Å². The van der Waals surface area contributed by atoms with E-state index in [4.69, 9.17) is 15.0 Å². The van der Waals surface area contributed by atoms with Crippen molar-refractivity contribution in [3.63, 3.8) is 0 Å². The van der Waals surface area contributed by atoms with Crippen LogP contribution in [0.2, 0.25) is 0 Å². The zero-order valence-corrected chi connectivity index (χ0v) is 33.7. The lowest BCUT2D eigenvalue weighted by Crippen LogP contribution is -2.02. The van der Waals surface area contributed by atoms with Gasteiger partial charge in [-0.15, -0.1) is 0 Å². The summed E-state index contributed by atoms with van der Waals surface area (Å²) in [7, 11) is 0. The Hall–Kier alpha value is -8.27. The van der Waals surface area contributed by atoms with Crippen LogP contribution in [0.1, 0.15) is 0 Å². The monoisotopic (exact) mass is 787 g/mol. The summed E-state index contributed by atoms with van der Waals surface area (Å²) >= 11 is 0. The van der Waals surface area contributed by atoms with Crippen molar-refractivity contribution in [1.82, 2.24) is 15.0 Å². The van der Waals surface area contributed by atoms with Gasteiger partial charge in [-0.2, -0.15) is 0 Å². The SMILES string of the molecule is c1ccc(-c2ccc(-c3nc(-c4ccccc4)nc(-c4c(-c5cccc6c5ccc5ccccc56)ccc5c(-c6cccc7c6ccc6ccccc67)cccc45)n3)cc2)cc1. The summed E-state index contributed by atoms with van der Waals surface area (Å²) in [5, 5.41) is 12.0. The second kappa shape index (κ2) is 14.8. The number of aromatic nitrogens is 3. The van der Waals surface area contributed by atoms with Crippen LogP contribution in [0.15, 0.2) is 224 Å². The first-order valence-electron chi connectivity index (χ1n) is 21.1. The van der Waals surface area contributed by atoms with Crippen molar-refractivity contribution in [1.29, 1.82) is 0 Å². The van der Waals surface area contributed by atoms with Crippen LogP contribution >= 0.6 is 0 Å². The zero-order valence-electron chi connectivity index (χ0n) is 33.7. The van der Waals surface area contributed by atoms with Crippen molar-refractivity contribution < 1.29 is 0 Å². The summed E-state index contributed by atoms with van der Waals surface area (Å²) in [4.78, 5) is 16.0. The van der Waals surface area contributed by atoms with E-state index in [1.807, 2.05) is 24.3 Å². The Morgan fingerprint density at radius 1 is 0.194 bits per heavy atom. The van der Waals surface area contributed by atoms with Gasteiger partial charge in [0, 0.05) is 16.7 Å². The molecular formula is C59H37N3. The second-order valence-electron chi connectivity index (χ2n) is 15.9. The molecule has 3 nitrogen and oxygen atoms in total. The minimum Gasteiger partial charge on any atom is -0.208 e. The summed E-state index contributed by atoms with van der Waals surface area (Å²) in [6.07, 6.45) is 0. The maximum Gasteiger partial charge on any atom is 0.165 e. The highest BCUT2D eigenvalue weighted by molar-refractivity contribution is 6.18. The molecule has 0 saturated heterocycles. The molecule has 0 bridgehead atoms. The normalized spacial score (nSPS) is 11.5. The highest BCUT2D eigenvalue weighted by Crippen LogP contribution is 2.45. The number of hydrogen-bond acceptors (Lipinski definition) is 3. The van der Waals surface area contributed by atoms with Crippen LogP contribution in [-0.4, -0.2) is 15.0 Å². The van der Waals surface area contributed by atoms with Gasteiger partial charge >= 0.3 is 0 Å². The third-order valence-electron chi connectivity index (χ3n) is 12.4. The number of rotatable bonds is 6. The van der Waals surface area contributed by atoms with Crippen molar-refractivity contribution in [3.8, 4) is 67.5 Å².